The standard InChI is InChI=1S/C44H31N/c1-31(32-12-4-2-5-13-32)33-20-22-34(23-21-33)35-24-26-37(27-25-35)45(36-14-6-3-7-15-36)38-28-29-43-41-18-9-8-16-39(41)40-17-10-11-19-42(40)44(43)30-38/h2-30H,1H2. The summed E-state index contributed by atoms with van der Waals surface area (Å²) in [5, 5.41) is 7.67. The van der Waals surface area contributed by atoms with Crippen LogP contribution in [0.1, 0.15) is 11.1 Å². The Labute approximate surface area is 264 Å². The zero-order valence-corrected chi connectivity index (χ0v) is 24.9. The highest BCUT2D eigenvalue weighted by atomic mass is 15.1. The fourth-order valence-electron chi connectivity index (χ4n) is 6.53. The van der Waals surface area contributed by atoms with Crippen molar-refractivity contribution < 1.29 is 0 Å². The van der Waals surface area contributed by atoms with E-state index >= 15 is 0 Å². The SMILES string of the molecule is C=C(c1ccccc1)c1ccc(-c2ccc(N(c3ccccc3)c3ccc4c5ccccc5c5ccccc5c4c3)cc2)cc1. The van der Waals surface area contributed by atoms with Gasteiger partial charge in [-0.1, -0.05) is 146 Å². The van der Waals surface area contributed by atoms with Crippen LogP contribution in [0.3, 0.4) is 0 Å². The van der Waals surface area contributed by atoms with Gasteiger partial charge in [-0.3, -0.25) is 0 Å². The maximum absolute atomic E-state index is 4.33. The molecular formula is C44H31N. The van der Waals surface area contributed by atoms with Crippen molar-refractivity contribution in [2.24, 2.45) is 0 Å². The predicted molar refractivity (Wildman–Crippen MR) is 194 cm³/mol. The molecule has 1 nitrogen and oxygen atoms in total. The van der Waals surface area contributed by atoms with Crippen molar-refractivity contribution in [2.45, 2.75) is 0 Å². The first kappa shape index (κ1) is 26.7. The summed E-state index contributed by atoms with van der Waals surface area (Å²) in [5.74, 6) is 0. The second-order valence-electron chi connectivity index (χ2n) is 11.5. The van der Waals surface area contributed by atoms with Gasteiger partial charge in [0.15, 0.2) is 0 Å². The molecule has 1 heteroatoms. The molecule has 212 valence electrons. The third-order valence-electron chi connectivity index (χ3n) is 8.81. The van der Waals surface area contributed by atoms with Gasteiger partial charge in [0, 0.05) is 17.1 Å². The van der Waals surface area contributed by atoms with E-state index in [2.05, 4.69) is 181 Å². The van der Waals surface area contributed by atoms with Crippen LogP contribution in [0, 0.1) is 0 Å². The molecule has 0 aliphatic carbocycles. The Morgan fingerprint density at radius 1 is 0.333 bits per heavy atom. The van der Waals surface area contributed by atoms with Crippen molar-refractivity contribution in [3.8, 4) is 11.1 Å². The minimum atomic E-state index is 1.03. The summed E-state index contributed by atoms with van der Waals surface area (Å²) in [7, 11) is 0. The molecule has 0 aliphatic heterocycles. The van der Waals surface area contributed by atoms with Crippen molar-refractivity contribution in [3.63, 3.8) is 0 Å². The van der Waals surface area contributed by atoms with Gasteiger partial charge in [0.05, 0.1) is 0 Å². The third kappa shape index (κ3) is 4.85. The van der Waals surface area contributed by atoms with E-state index in [4.69, 9.17) is 0 Å². The number of hydrogen-bond acceptors (Lipinski definition) is 1. The van der Waals surface area contributed by atoms with E-state index in [-0.39, 0.29) is 0 Å². The van der Waals surface area contributed by atoms with Gasteiger partial charge in [0.2, 0.25) is 0 Å². The molecule has 0 atom stereocenters. The van der Waals surface area contributed by atoms with Crippen molar-refractivity contribution in [2.75, 3.05) is 4.90 Å². The van der Waals surface area contributed by atoms with E-state index in [1.54, 1.807) is 0 Å². The monoisotopic (exact) mass is 573 g/mol. The highest BCUT2D eigenvalue weighted by molar-refractivity contribution is 6.25. The minimum Gasteiger partial charge on any atom is -0.310 e. The fourth-order valence-corrected chi connectivity index (χ4v) is 6.53. The Bertz CT molecular complexity index is 2260. The molecule has 0 unspecified atom stereocenters. The van der Waals surface area contributed by atoms with E-state index in [0.29, 0.717) is 0 Å². The summed E-state index contributed by atoms with van der Waals surface area (Å²) in [6.45, 7) is 4.33. The number of fused-ring (bicyclic) bond motifs is 6. The number of anilines is 3. The summed E-state index contributed by atoms with van der Waals surface area (Å²) in [5.41, 5.74) is 9.04. The van der Waals surface area contributed by atoms with E-state index in [1.807, 2.05) is 6.07 Å². The summed E-state index contributed by atoms with van der Waals surface area (Å²) in [4.78, 5) is 2.35. The Balaban J connectivity index is 1.19. The summed E-state index contributed by atoms with van der Waals surface area (Å²) in [6.07, 6.45) is 0. The highest BCUT2D eigenvalue weighted by Gasteiger charge is 2.15. The molecule has 8 rings (SSSR count). The largest absolute Gasteiger partial charge is 0.310 e. The Kier molecular flexibility index (Phi) is 6.70. The zero-order chi connectivity index (χ0) is 30.2. The molecule has 8 aromatic carbocycles. The first-order valence-electron chi connectivity index (χ1n) is 15.4. The van der Waals surface area contributed by atoms with Gasteiger partial charge in [0.1, 0.15) is 0 Å². The van der Waals surface area contributed by atoms with Gasteiger partial charge < -0.3 is 4.90 Å². The van der Waals surface area contributed by atoms with Crippen molar-refractivity contribution in [1.29, 1.82) is 0 Å². The fraction of sp³-hybridized carbons (Fsp3) is 0. The molecule has 0 aliphatic rings. The van der Waals surface area contributed by atoms with Crippen molar-refractivity contribution in [1.82, 2.24) is 0 Å². The van der Waals surface area contributed by atoms with Crippen molar-refractivity contribution in [3.05, 3.63) is 194 Å². The maximum Gasteiger partial charge on any atom is 0.0468 e. The lowest BCUT2D eigenvalue weighted by Crippen LogP contribution is -2.09. The number of hydrogen-bond donors (Lipinski definition) is 0. The summed E-state index contributed by atoms with van der Waals surface area (Å²) in [6, 6.07) is 62.9. The van der Waals surface area contributed by atoms with Gasteiger partial charge in [-0.25, -0.2) is 0 Å². The molecular weight excluding hydrogens is 542 g/mol. The van der Waals surface area contributed by atoms with Crippen LogP contribution in [0.25, 0.3) is 49.0 Å². The van der Waals surface area contributed by atoms with Crippen LogP contribution in [0.15, 0.2) is 183 Å². The van der Waals surface area contributed by atoms with Gasteiger partial charge in [-0.2, -0.15) is 0 Å². The van der Waals surface area contributed by atoms with Crippen LogP contribution in [0.2, 0.25) is 0 Å². The molecule has 45 heavy (non-hydrogen) atoms. The Morgan fingerprint density at radius 2 is 0.733 bits per heavy atom. The molecule has 0 spiro atoms. The second-order valence-corrected chi connectivity index (χ2v) is 11.5. The molecule has 0 heterocycles. The normalized spacial score (nSPS) is 11.2. The first-order valence-corrected chi connectivity index (χ1v) is 15.4. The third-order valence-corrected chi connectivity index (χ3v) is 8.81. The second kappa shape index (κ2) is 11.3. The highest BCUT2D eigenvalue weighted by Crippen LogP contribution is 2.41. The smallest absolute Gasteiger partial charge is 0.0468 e. The Hall–Kier alpha value is -5.92. The average molecular weight is 574 g/mol. The van der Waals surface area contributed by atoms with Crippen LogP contribution in [0.4, 0.5) is 17.1 Å². The van der Waals surface area contributed by atoms with E-state index in [0.717, 1.165) is 33.8 Å². The van der Waals surface area contributed by atoms with E-state index in [1.165, 1.54) is 43.4 Å². The van der Waals surface area contributed by atoms with Crippen LogP contribution in [-0.2, 0) is 0 Å². The van der Waals surface area contributed by atoms with E-state index < -0.39 is 0 Å². The molecule has 0 aromatic heterocycles. The van der Waals surface area contributed by atoms with Gasteiger partial charge >= 0.3 is 0 Å². The van der Waals surface area contributed by atoms with Crippen molar-refractivity contribution >= 4 is 55.0 Å². The lowest BCUT2D eigenvalue weighted by atomic mass is 9.94. The predicted octanol–water partition coefficient (Wildman–Crippen LogP) is 12.3. The summed E-state index contributed by atoms with van der Waals surface area (Å²) < 4.78 is 0. The minimum absolute atomic E-state index is 1.03. The van der Waals surface area contributed by atoms with Crippen LogP contribution in [-0.4, -0.2) is 0 Å². The van der Waals surface area contributed by atoms with Crippen LogP contribution in [0.5, 0.6) is 0 Å². The van der Waals surface area contributed by atoms with Crippen LogP contribution < -0.4 is 4.90 Å². The molecule has 8 aromatic rings. The van der Waals surface area contributed by atoms with Gasteiger partial charge in [-0.05, 0) is 96.5 Å². The van der Waals surface area contributed by atoms with Gasteiger partial charge in [-0.15, -0.1) is 0 Å². The molecule has 0 saturated carbocycles. The molecule has 0 amide bonds. The number of para-hydroxylation sites is 1. The molecule has 0 bridgehead atoms. The molecule has 0 fully saturated rings. The van der Waals surface area contributed by atoms with E-state index in [9.17, 15) is 0 Å². The number of rotatable bonds is 6. The topological polar surface area (TPSA) is 3.24 Å². The lowest BCUT2D eigenvalue weighted by Gasteiger charge is -2.26. The van der Waals surface area contributed by atoms with Crippen LogP contribution >= 0.6 is 0 Å². The number of nitrogens with zero attached hydrogens (tertiary/aromatic N) is 1. The maximum atomic E-state index is 4.33. The first-order chi connectivity index (χ1) is 22.2. The Morgan fingerprint density at radius 3 is 1.31 bits per heavy atom. The molecule has 0 radical (unpaired) electrons. The quantitative estimate of drug-likeness (QED) is 0.179. The molecule has 0 saturated heterocycles. The average Bonchev–Trinajstić information content (AvgIpc) is 3.13. The zero-order valence-electron chi connectivity index (χ0n) is 24.9. The van der Waals surface area contributed by atoms with Gasteiger partial charge in [0.25, 0.3) is 0 Å². The lowest BCUT2D eigenvalue weighted by molar-refractivity contribution is 1.29. The number of benzene rings is 8. The molecule has 0 N–H and O–H groups in total. The summed E-state index contributed by atoms with van der Waals surface area (Å²) >= 11 is 0.